The first-order valence-electron chi connectivity index (χ1n) is 9.33. The van der Waals surface area contributed by atoms with E-state index in [1.54, 1.807) is 11.6 Å². The van der Waals surface area contributed by atoms with Gasteiger partial charge in [-0.1, -0.05) is 37.1 Å². The summed E-state index contributed by atoms with van der Waals surface area (Å²) in [6.45, 7) is 0.00260. The smallest absolute Gasteiger partial charge is 0.324 e. The Morgan fingerprint density at radius 1 is 1.07 bits per heavy atom. The van der Waals surface area contributed by atoms with Gasteiger partial charge < -0.3 is 5.32 Å². The molecule has 0 bridgehead atoms. The second kappa shape index (κ2) is 7.64. The van der Waals surface area contributed by atoms with Crippen LogP contribution in [0.15, 0.2) is 58.2 Å². The molecule has 1 aliphatic carbocycles. The number of para-hydroxylation sites is 3. The summed E-state index contributed by atoms with van der Waals surface area (Å²) >= 11 is 1.85. The van der Waals surface area contributed by atoms with Gasteiger partial charge in [0.25, 0.3) is 0 Å². The summed E-state index contributed by atoms with van der Waals surface area (Å²) in [4.78, 5) is 26.3. The Morgan fingerprint density at radius 2 is 1.74 bits per heavy atom. The van der Waals surface area contributed by atoms with Crippen LogP contribution < -0.4 is 11.0 Å². The average Bonchev–Trinajstić information content (AvgIpc) is 3.27. The van der Waals surface area contributed by atoms with Crippen LogP contribution in [0.1, 0.15) is 25.7 Å². The molecule has 0 spiro atoms. The molecule has 6 heteroatoms. The van der Waals surface area contributed by atoms with Crippen molar-refractivity contribution in [2.24, 2.45) is 7.05 Å². The highest BCUT2D eigenvalue weighted by Crippen LogP contribution is 2.38. The molecule has 1 aromatic heterocycles. The Hall–Kier alpha value is -2.47. The lowest BCUT2D eigenvalue weighted by Gasteiger charge is -2.14. The van der Waals surface area contributed by atoms with E-state index in [0.717, 1.165) is 21.6 Å². The normalized spacial score (nSPS) is 14.7. The minimum Gasteiger partial charge on any atom is -0.324 e. The Kier molecular flexibility index (Phi) is 5.07. The number of thioether (sulfide) groups is 1. The van der Waals surface area contributed by atoms with E-state index in [1.165, 1.54) is 30.3 Å². The van der Waals surface area contributed by atoms with Crippen LogP contribution in [0.5, 0.6) is 0 Å². The number of aryl methyl sites for hydroxylation is 1. The van der Waals surface area contributed by atoms with E-state index in [2.05, 4.69) is 11.4 Å². The van der Waals surface area contributed by atoms with Gasteiger partial charge in [-0.2, -0.15) is 0 Å². The fourth-order valence-corrected chi connectivity index (χ4v) is 5.04. The minimum absolute atomic E-state index is 0.00260. The van der Waals surface area contributed by atoms with Crippen molar-refractivity contribution in [1.82, 2.24) is 9.13 Å². The zero-order valence-electron chi connectivity index (χ0n) is 15.4. The maximum absolute atomic E-state index is 12.7. The number of nitrogens with one attached hydrogen (secondary N) is 1. The Labute approximate surface area is 162 Å². The highest BCUT2D eigenvalue weighted by Gasteiger charge is 2.19. The zero-order chi connectivity index (χ0) is 18.8. The van der Waals surface area contributed by atoms with Crippen molar-refractivity contribution in [1.29, 1.82) is 0 Å². The summed E-state index contributed by atoms with van der Waals surface area (Å²) in [7, 11) is 1.73. The van der Waals surface area contributed by atoms with Crippen molar-refractivity contribution in [3.05, 3.63) is 59.0 Å². The molecule has 1 fully saturated rings. The predicted octanol–water partition coefficient (Wildman–Crippen LogP) is 4.01. The minimum atomic E-state index is -0.187. The molecule has 1 saturated carbocycles. The lowest BCUT2D eigenvalue weighted by Crippen LogP contribution is -2.28. The number of hydrogen-bond donors (Lipinski definition) is 1. The van der Waals surface area contributed by atoms with Gasteiger partial charge in [0.2, 0.25) is 5.91 Å². The molecular formula is C21H23N3O2S. The van der Waals surface area contributed by atoms with Gasteiger partial charge in [-0.05, 0) is 37.1 Å². The van der Waals surface area contributed by atoms with Crippen LogP contribution in [0, 0.1) is 0 Å². The largest absolute Gasteiger partial charge is 0.329 e. The van der Waals surface area contributed by atoms with E-state index in [4.69, 9.17) is 0 Å². The summed E-state index contributed by atoms with van der Waals surface area (Å²) in [5.41, 5.74) is 2.24. The van der Waals surface area contributed by atoms with Crippen molar-refractivity contribution in [2.45, 2.75) is 42.4 Å². The number of hydrogen-bond acceptors (Lipinski definition) is 3. The molecule has 1 heterocycles. The van der Waals surface area contributed by atoms with Gasteiger partial charge >= 0.3 is 5.69 Å². The number of nitrogens with zero attached hydrogens (tertiary/aromatic N) is 2. The van der Waals surface area contributed by atoms with Gasteiger partial charge in [0.1, 0.15) is 6.54 Å². The molecule has 0 unspecified atom stereocenters. The predicted molar refractivity (Wildman–Crippen MR) is 110 cm³/mol. The summed E-state index contributed by atoms with van der Waals surface area (Å²) in [5.74, 6) is -0.187. The highest BCUT2D eigenvalue weighted by atomic mass is 32.2. The van der Waals surface area contributed by atoms with Gasteiger partial charge in [-0.15, -0.1) is 11.8 Å². The molecule has 1 N–H and O–H groups in total. The number of aromatic nitrogens is 2. The summed E-state index contributed by atoms with van der Waals surface area (Å²) in [6, 6.07) is 15.4. The second-order valence-electron chi connectivity index (χ2n) is 6.99. The fourth-order valence-electron chi connectivity index (χ4n) is 3.71. The first kappa shape index (κ1) is 17.9. The Bertz CT molecular complexity index is 1030. The molecule has 0 aliphatic heterocycles. The maximum Gasteiger partial charge on any atom is 0.329 e. The lowest BCUT2D eigenvalue weighted by molar-refractivity contribution is -0.116. The van der Waals surface area contributed by atoms with Crippen LogP contribution in [-0.2, 0) is 18.4 Å². The number of benzene rings is 2. The van der Waals surface area contributed by atoms with Gasteiger partial charge in [-0.3, -0.25) is 13.9 Å². The maximum atomic E-state index is 12.7. The van der Waals surface area contributed by atoms with E-state index in [1.807, 2.05) is 54.2 Å². The third-order valence-corrected chi connectivity index (χ3v) is 6.53. The number of rotatable bonds is 5. The van der Waals surface area contributed by atoms with E-state index in [9.17, 15) is 9.59 Å². The monoisotopic (exact) mass is 381 g/mol. The summed E-state index contributed by atoms with van der Waals surface area (Å²) in [6.07, 6.45) is 5.04. The molecule has 4 rings (SSSR count). The molecule has 140 valence electrons. The number of amides is 1. The first-order valence-corrected chi connectivity index (χ1v) is 10.2. The highest BCUT2D eigenvalue weighted by molar-refractivity contribution is 8.00. The zero-order valence-corrected chi connectivity index (χ0v) is 16.2. The molecule has 0 radical (unpaired) electrons. The van der Waals surface area contributed by atoms with Crippen molar-refractivity contribution in [3.8, 4) is 0 Å². The molecule has 1 aliphatic rings. The van der Waals surface area contributed by atoms with Gasteiger partial charge in [0.15, 0.2) is 0 Å². The number of anilines is 1. The molecule has 0 saturated heterocycles. The number of fused-ring (bicyclic) bond motifs is 1. The quantitative estimate of drug-likeness (QED) is 0.726. The molecule has 0 atom stereocenters. The second-order valence-corrected chi connectivity index (χ2v) is 8.33. The molecular weight excluding hydrogens is 358 g/mol. The molecule has 3 aromatic rings. The van der Waals surface area contributed by atoms with Crippen LogP contribution >= 0.6 is 11.8 Å². The van der Waals surface area contributed by atoms with Crippen LogP contribution in [0.2, 0.25) is 0 Å². The van der Waals surface area contributed by atoms with E-state index < -0.39 is 0 Å². The Morgan fingerprint density at radius 3 is 2.52 bits per heavy atom. The van der Waals surface area contributed by atoms with Crippen LogP contribution in [0.25, 0.3) is 11.0 Å². The standard InChI is InChI=1S/C21H23N3O2S/c1-23-17-11-5-6-12-18(17)24(21(23)26)14-20(25)22-16-10-4-7-13-19(16)27-15-8-2-3-9-15/h4-7,10-13,15H,2-3,8-9,14H2,1H3,(H,22,25). The average molecular weight is 382 g/mol. The number of carbonyl (C=O) groups excluding carboxylic acids is 1. The van der Waals surface area contributed by atoms with E-state index in [0.29, 0.717) is 5.25 Å². The molecule has 27 heavy (non-hydrogen) atoms. The molecule has 2 aromatic carbocycles. The third-order valence-electron chi connectivity index (χ3n) is 5.11. The van der Waals surface area contributed by atoms with E-state index >= 15 is 0 Å². The van der Waals surface area contributed by atoms with Gasteiger partial charge in [0, 0.05) is 17.2 Å². The fraction of sp³-hybridized carbons (Fsp3) is 0.333. The van der Waals surface area contributed by atoms with Crippen LogP contribution in [-0.4, -0.2) is 20.3 Å². The van der Waals surface area contributed by atoms with Crippen molar-refractivity contribution in [3.63, 3.8) is 0 Å². The van der Waals surface area contributed by atoms with Crippen molar-refractivity contribution in [2.75, 3.05) is 5.32 Å². The van der Waals surface area contributed by atoms with Gasteiger partial charge in [0.05, 0.1) is 16.7 Å². The summed E-state index contributed by atoms with van der Waals surface area (Å²) < 4.78 is 3.10. The number of imidazole rings is 1. The van der Waals surface area contributed by atoms with Crippen LogP contribution in [0.3, 0.4) is 0 Å². The number of carbonyl (C=O) groups is 1. The van der Waals surface area contributed by atoms with Crippen LogP contribution in [0.4, 0.5) is 5.69 Å². The third kappa shape index (κ3) is 3.67. The Balaban J connectivity index is 1.54. The topological polar surface area (TPSA) is 56.0 Å². The lowest BCUT2D eigenvalue weighted by atomic mass is 10.3. The van der Waals surface area contributed by atoms with E-state index in [-0.39, 0.29) is 18.1 Å². The first-order chi connectivity index (χ1) is 13.1. The van der Waals surface area contributed by atoms with Crippen molar-refractivity contribution >= 4 is 34.4 Å². The molecule has 5 nitrogen and oxygen atoms in total. The molecule has 1 amide bonds. The van der Waals surface area contributed by atoms with Crippen molar-refractivity contribution < 1.29 is 4.79 Å². The SMILES string of the molecule is Cn1c(=O)n(CC(=O)Nc2ccccc2SC2CCCC2)c2ccccc21. The summed E-state index contributed by atoms with van der Waals surface area (Å²) in [5, 5.41) is 3.63. The van der Waals surface area contributed by atoms with Gasteiger partial charge in [-0.25, -0.2) is 4.79 Å².